The molecule has 156 valence electrons. The van der Waals surface area contributed by atoms with Crippen molar-refractivity contribution in [3.8, 4) is 0 Å². The van der Waals surface area contributed by atoms with Gasteiger partial charge in [-0.2, -0.15) is 0 Å². The first-order chi connectivity index (χ1) is 13.4. The van der Waals surface area contributed by atoms with E-state index < -0.39 is 9.84 Å². The molecule has 1 aliphatic rings. The van der Waals surface area contributed by atoms with E-state index in [1.54, 1.807) is 36.2 Å². The molecule has 3 rings (SSSR count). The predicted octanol–water partition coefficient (Wildman–Crippen LogP) is 2.18. The topological polar surface area (TPSA) is 90.9 Å². The molecule has 9 heteroatoms. The Hall–Kier alpha value is -2.14. The minimum atomic E-state index is -3.20. The molecule has 1 atom stereocenters. The molecule has 0 spiro atoms. The highest BCUT2D eigenvalue weighted by atomic mass is 127. The summed E-state index contributed by atoms with van der Waals surface area (Å²) in [6, 6.07) is 16.3. The number of rotatable bonds is 5. The van der Waals surface area contributed by atoms with Crippen molar-refractivity contribution in [3.05, 3.63) is 60.2 Å². The van der Waals surface area contributed by atoms with E-state index in [2.05, 4.69) is 15.6 Å². The number of aliphatic imine (C=N–C) groups is 1. The minimum Gasteiger partial charge on any atom is -0.352 e. The van der Waals surface area contributed by atoms with E-state index in [9.17, 15) is 13.2 Å². The third-order valence-electron chi connectivity index (χ3n) is 4.57. The Morgan fingerprint density at radius 2 is 1.79 bits per heavy atom. The number of nitrogens with one attached hydrogen (secondary N) is 2. The number of para-hydroxylation sites is 1. The molecule has 2 N–H and O–H groups in total. The second-order valence-corrected chi connectivity index (χ2v) is 8.74. The molecule has 1 heterocycles. The van der Waals surface area contributed by atoms with Gasteiger partial charge < -0.3 is 15.5 Å². The molecule has 7 nitrogen and oxygen atoms in total. The lowest BCUT2D eigenvalue weighted by Gasteiger charge is -2.19. The summed E-state index contributed by atoms with van der Waals surface area (Å²) in [5.41, 5.74) is 1.83. The van der Waals surface area contributed by atoms with Crippen LogP contribution in [0.2, 0.25) is 0 Å². The van der Waals surface area contributed by atoms with Gasteiger partial charge in [0.25, 0.3) is 0 Å². The Labute approximate surface area is 188 Å². The van der Waals surface area contributed by atoms with E-state index in [1.807, 2.05) is 30.3 Å². The molecule has 2 aromatic rings. The minimum absolute atomic E-state index is 0. The molecule has 1 unspecified atom stereocenters. The van der Waals surface area contributed by atoms with Crippen LogP contribution in [0.5, 0.6) is 0 Å². The van der Waals surface area contributed by atoms with Gasteiger partial charge in [0.05, 0.1) is 10.9 Å². The summed E-state index contributed by atoms with van der Waals surface area (Å²) < 4.78 is 23.1. The molecule has 29 heavy (non-hydrogen) atoms. The maximum atomic E-state index is 12.3. The number of hydrogen-bond acceptors (Lipinski definition) is 4. The second kappa shape index (κ2) is 10.1. The number of hydrogen-bond donors (Lipinski definition) is 2. The summed E-state index contributed by atoms with van der Waals surface area (Å²) in [5, 5.41) is 6.48. The van der Waals surface area contributed by atoms with Crippen LogP contribution in [-0.4, -0.2) is 46.2 Å². The zero-order valence-electron chi connectivity index (χ0n) is 16.3. The molecule has 1 aliphatic heterocycles. The average molecular weight is 528 g/mol. The van der Waals surface area contributed by atoms with Crippen LogP contribution in [0.15, 0.2) is 64.5 Å². The van der Waals surface area contributed by atoms with Gasteiger partial charge in [-0.15, -0.1) is 24.0 Å². The molecule has 0 saturated carbocycles. The zero-order chi connectivity index (χ0) is 20.1. The van der Waals surface area contributed by atoms with E-state index in [0.717, 1.165) is 11.3 Å². The first kappa shape index (κ1) is 23.1. The van der Waals surface area contributed by atoms with Gasteiger partial charge in [-0.25, -0.2) is 8.42 Å². The van der Waals surface area contributed by atoms with E-state index in [-0.39, 0.29) is 35.9 Å². The van der Waals surface area contributed by atoms with Gasteiger partial charge in [0.2, 0.25) is 5.91 Å². The number of anilines is 1. The standard InChI is InChI=1S/C20H24N4O3S.HI/c1-21-20(22-13-15-8-10-18(11-9-15)28(2,26)27)23-16-12-19(25)24(14-16)17-6-4-3-5-7-17;/h3-11,16H,12-14H2,1-2H3,(H2,21,22,23);1H. The number of halogens is 1. The van der Waals surface area contributed by atoms with Crippen LogP contribution in [-0.2, 0) is 21.2 Å². The summed E-state index contributed by atoms with van der Waals surface area (Å²) in [4.78, 5) is 18.6. The fourth-order valence-corrected chi connectivity index (χ4v) is 3.72. The Morgan fingerprint density at radius 1 is 1.14 bits per heavy atom. The molecule has 0 aliphatic carbocycles. The quantitative estimate of drug-likeness (QED) is 0.353. The van der Waals surface area contributed by atoms with Crippen LogP contribution in [0, 0.1) is 0 Å². The lowest BCUT2D eigenvalue weighted by molar-refractivity contribution is -0.117. The highest BCUT2D eigenvalue weighted by molar-refractivity contribution is 14.0. The van der Waals surface area contributed by atoms with Crippen molar-refractivity contribution in [1.82, 2.24) is 10.6 Å². The van der Waals surface area contributed by atoms with Gasteiger partial charge in [0.1, 0.15) is 0 Å². The summed E-state index contributed by atoms with van der Waals surface area (Å²) in [6.45, 7) is 1.07. The maximum Gasteiger partial charge on any atom is 0.229 e. The zero-order valence-corrected chi connectivity index (χ0v) is 19.5. The third-order valence-corrected chi connectivity index (χ3v) is 5.70. The molecule has 0 bridgehead atoms. The van der Waals surface area contributed by atoms with Crippen molar-refractivity contribution in [2.75, 3.05) is 24.7 Å². The smallest absolute Gasteiger partial charge is 0.229 e. The first-order valence-corrected chi connectivity index (χ1v) is 10.9. The number of nitrogens with zero attached hydrogens (tertiary/aromatic N) is 2. The predicted molar refractivity (Wildman–Crippen MR) is 126 cm³/mol. The van der Waals surface area contributed by atoms with Crippen LogP contribution in [0.25, 0.3) is 0 Å². The molecule has 0 aromatic heterocycles. The number of benzene rings is 2. The SMILES string of the molecule is CN=C(NCc1ccc(S(C)(=O)=O)cc1)NC1CC(=O)N(c2ccccc2)C1.I. The summed E-state index contributed by atoms with van der Waals surface area (Å²) >= 11 is 0. The number of carbonyl (C=O) groups excluding carboxylic acids is 1. The van der Waals surface area contributed by atoms with Gasteiger partial charge in [0, 0.05) is 38.5 Å². The summed E-state index contributed by atoms with van der Waals surface area (Å²) in [7, 11) is -1.52. The number of amides is 1. The van der Waals surface area contributed by atoms with E-state index in [0.29, 0.717) is 30.4 Å². The molecular weight excluding hydrogens is 503 g/mol. The molecule has 1 amide bonds. The monoisotopic (exact) mass is 528 g/mol. The van der Waals surface area contributed by atoms with E-state index in [4.69, 9.17) is 0 Å². The molecule has 0 radical (unpaired) electrons. The maximum absolute atomic E-state index is 12.3. The van der Waals surface area contributed by atoms with E-state index >= 15 is 0 Å². The van der Waals surface area contributed by atoms with Crippen molar-refractivity contribution in [2.45, 2.75) is 23.9 Å². The van der Waals surface area contributed by atoms with Crippen LogP contribution in [0.4, 0.5) is 5.69 Å². The average Bonchev–Trinajstić information content (AvgIpc) is 3.05. The lowest BCUT2D eigenvalue weighted by atomic mass is 10.2. The molecule has 2 aromatic carbocycles. The van der Waals surface area contributed by atoms with Crippen molar-refractivity contribution in [3.63, 3.8) is 0 Å². The van der Waals surface area contributed by atoms with Crippen LogP contribution in [0.3, 0.4) is 0 Å². The van der Waals surface area contributed by atoms with Crippen molar-refractivity contribution in [2.24, 2.45) is 4.99 Å². The van der Waals surface area contributed by atoms with Gasteiger partial charge >= 0.3 is 0 Å². The van der Waals surface area contributed by atoms with Crippen molar-refractivity contribution >= 4 is 51.4 Å². The molecule has 1 fully saturated rings. The molecular formula is C20H25IN4O3S. The summed E-state index contributed by atoms with van der Waals surface area (Å²) in [5.74, 6) is 0.676. The van der Waals surface area contributed by atoms with E-state index in [1.165, 1.54) is 6.26 Å². The normalized spacial score (nSPS) is 17.0. The number of guanidine groups is 1. The number of sulfone groups is 1. The van der Waals surface area contributed by atoms with Gasteiger partial charge in [0.15, 0.2) is 15.8 Å². The fourth-order valence-electron chi connectivity index (χ4n) is 3.09. The van der Waals surface area contributed by atoms with Crippen molar-refractivity contribution < 1.29 is 13.2 Å². The van der Waals surface area contributed by atoms with Gasteiger partial charge in [-0.3, -0.25) is 9.79 Å². The van der Waals surface area contributed by atoms with Gasteiger partial charge in [-0.1, -0.05) is 30.3 Å². The second-order valence-electron chi connectivity index (χ2n) is 6.73. The highest BCUT2D eigenvalue weighted by Crippen LogP contribution is 2.21. The highest BCUT2D eigenvalue weighted by Gasteiger charge is 2.31. The first-order valence-electron chi connectivity index (χ1n) is 8.98. The Bertz CT molecular complexity index is 963. The largest absolute Gasteiger partial charge is 0.352 e. The Kier molecular flexibility index (Phi) is 8.03. The van der Waals surface area contributed by atoms with Gasteiger partial charge in [-0.05, 0) is 29.8 Å². The fraction of sp³-hybridized carbons (Fsp3) is 0.300. The van der Waals surface area contributed by atoms with Crippen LogP contribution < -0.4 is 15.5 Å². The lowest BCUT2D eigenvalue weighted by Crippen LogP contribution is -2.44. The molecule has 1 saturated heterocycles. The summed E-state index contributed by atoms with van der Waals surface area (Å²) in [6.07, 6.45) is 1.59. The Morgan fingerprint density at radius 3 is 2.38 bits per heavy atom. The van der Waals surface area contributed by atoms with Crippen LogP contribution in [0.1, 0.15) is 12.0 Å². The third kappa shape index (κ3) is 6.17. The van der Waals surface area contributed by atoms with Crippen LogP contribution >= 0.6 is 24.0 Å². The van der Waals surface area contributed by atoms with Crippen molar-refractivity contribution in [1.29, 1.82) is 0 Å². The number of carbonyl (C=O) groups is 1. The Balaban J connectivity index is 0.00000300.